The van der Waals surface area contributed by atoms with Crippen molar-refractivity contribution >= 4 is 29.2 Å². The van der Waals surface area contributed by atoms with Gasteiger partial charge in [0.25, 0.3) is 5.91 Å². The Balaban J connectivity index is 3.89. The number of thioether (sulfide) groups is 1. The van der Waals surface area contributed by atoms with Gasteiger partial charge in [0.1, 0.15) is 0 Å². The minimum absolute atomic E-state index is 0.0213. The Kier molecular flexibility index (Phi) is 7.24. The molecule has 0 aliphatic heterocycles. The minimum atomic E-state index is -0.634. The standard InChI is InChI=1S/C7H12N4O3S/c1-9-7(10-5-12)15-4-2-3-6(13)11(8)14/h2,4-5,14H,3,8H2,1H3,(H,9,10,12)/b4-2+. The Morgan fingerprint density at radius 1 is 1.73 bits per heavy atom. The third-order valence-corrected chi connectivity index (χ3v) is 2.06. The highest BCUT2D eigenvalue weighted by Gasteiger charge is 2.02. The Hall–Kier alpha value is -1.38. The second kappa shape index (κ2) is 7.97. The van der Waals surface area contributed by atoms with E-state index in [9.17, 15) is 9.59 Å². The second-order valence-corrected chi connectivity index (χ2v) is 3.12. The molecule has 0 bridgehead atoms. The number of nitrogens with one attached hydrogen (secondary N) is 1. The average Bonchev–Trinajstić information content (AvgIpc) is 2.22. The molecule has 84 valence electrons. The number of aliphatic imine (C=N–C) groups is 1. The quantitative estimate of drug-likeness (QED) is 0.115. The van der Waals surface area contributed by atoms with Crippen LogP contribution in [0, 0.1) is 0 Å². The Labute approximate surface area is 90.9 Å². The van der Waals surface area contributed by atoms with Crippen LogP contribution in [-0.4, -0.2) is 34.9 Å². The molecule has 0 unspecified atom stereocenters. The summed E-state index contributed by atoms with van der Waals surface area (Å²) in [6, 6.07) is 0. The summed E-state index contributed by atoms with van der Waals surface area (Å²) in [6.45, 7) is 0. The van der Waals surface area contributed by atoms with Gasteiger partial charge in [0.15, 0.2) is 5.17 Å². The zero-order valence-electron chi connectivity index (χ0n) is 8.08. The number of nitrogens with zero attached hydrogens (tertiary/aromatic N) is 2. The number of rotatable bonds is 4. The summed E-state index contributed by atoms with van der Waals surface area (Å²) in [5.41, 5.74) is 0. The molecule has 0 heterocycles. The Morgan fingerprint density at radius 2 is 2.40 bits per heavy atom. The topological polar surface area (TPSA) is 108 Å². The molecular weight excluding hydrogens is 220 g/mol. The molecule has 0 rings (SSSR count). The summed E-state index contributed by atoms with van der Waals surface area (Å²) in [5, 5.41) is 12.8. The van der Waals surface area contributed by atoms with E-state index in [1.54, 1.807) is 5.41 Å². The molecular formula is C7H12N4O3S. The van der Waals surface area contributed by atoms with E-state index < -0.39 is 5.91 Å². The molecule has 4 N–H and O–H groups in total. The lowest BCUT2D eigenvalue weighted by atomic mass is 10.4. The van der Waals surface area contributed by atoms with Crippen molar-refractivity contribution in [2.24, 2.45) is 10.8 Å². The summed E-state index contributed by atoms with van der Waals surface area (Å²) in [6.07, 6.45) is 1.96. The number of hydroxylamine groups is 1. The smallest absolute Gasteiger partial charge is 0.264 e. The van der Waals surface area contributed by atoms with Crippen LogP contribution in [0.2, 0.25) is 0 Å². The van der Waals surface area contributed by atoms with E-state index in [1.807, 2.05) is 0 Å². The van der Waals surface area contributed by atoms with Crippen molar-refractivity contribution in [3.63, 3.8) is 0 Å². The van der Waals surface area contributed by atoms with Gasteiger partial charge in [0.05, 0.1) is 0 Å². The van der Waals surface area contributed by atoms with E-state index in [1.165, 1.54) is 13.1 Å². The SMILES string of the molecule is CN=C(NC=O)S/C=C/CC(=O)N(N)O. The van der Waals surface area contributed by atoms with Crippen molar-refractivity contribution in [1.82, 2.24) is 10.5 Å². The number of carbonyl (C=O) groups is 2. The fourth-order valence-electron chi connectivity index (χ4n) is 0.557. The van der Waals surface area contributed by atoms with Gasteiger partial charge in [-0.3, -0.25) is 19.8 Å². The van der Waals surface area contributed by atoms with Gasteiger partial charge < -0.3 is 5.32 Å². The summed E-state index contributed by atoms with van der Waals surface area (Å²) >= 11 is 1.13. The summed E-state index contributed by atoms with van der Waals surface area (Å²) in [5.74, 6) is 4.13. The second-order valence-electron chi connectivity index (χ2n) is 2.22. The van der Waals surface area contributed by atoms with Gasteiger partial charge >= 0.3 is 0 Å². The lowest BCUT2D eigenvalue weighted by Gasteiger charge is -2.04. The van der Waals surface area contributed by atoms with Crippen molar-refractivity contribution in [3.05, 3.63) is 11.5 Å². The number of hydrazine groups is 1. The largest absolute Gasteiger partial charge is 0.308 e. The third-order valence-electron chi connectivity index (χ3n) is 1.21. The van der Waals surface area contributed by atoms with Gasteiger partial charge in [0.2, 0.25) is 6.41 Å². The van der Waals surface area contributed by atoms with E-state index in [2.05, 4.69) is 10.3 Å². The van der Waals surface area contributed by atoms with Gasteiger partial charge in [-0.15, -0.1) is 0 Å². The van der Waals surface area contributed by atoms with Crippen molar-refractivity contribution in [3.8, 4) is 0 Å². The molecule has 0 aliphatic rings. The fraction of sp³-hybridized carbons (Fsp3) is 0.286. The minimum Gasteiger partial charge on any atom is -0.308 e. The molecule has 15 heavy (non-hydrogen) atoms. The highest BCUT2D eigenvalue weighted by Crippen LogP contribution is 2.04. The molecule has 8 heteroatoms. The lowest BCUT2D eigenvalue weighted by molar-refractivity contribution is -0.165. The fourth-order valence-corrected chi connectivity index (χ4v) is 1.10. The van der Waals surface area contributed by atoms with Crippen LogP contribution in [0.1, 0.15) is 6.42 Å². The van der Waals surface area contributed by atoms with Gasteiger partial charge in [-0.05, 0) is 5.41 Å². The molecule has 0 radical (unpaired) electrons. The average molecular weight is 232 g/mol. The first-order chi connectivity index (χ1) is 7.11. The van der Waals surface area contributed by atoms with Gasteiger partial charge in [0, 0.05) is 13.5 Å². The van der Waals surface area contributed by atoms with E-state index in [4.69, 9.17) is 11.0 Å². The molecule has 0 aromatic rings. The highest BCUT2D eigenvalue weighted by atomic mass is 32.2. The predicted octanol–water partition coefficient (Wildman–Crippen LogP) is -0.553. The number of carbonyl (C=O) groups excluding carboxylic acids is 2. The summed E-state index contributed by atoms with van der Waals surface area (Å²) in [7, 11) is 1.52. The molecule has 0 aliphatic carbocycles. The van der Waals surface area contributed by atoms with Crippen LogP contribution in [-0.2, 0) is 9.59 Å². The zero-order chi connectivity index (χ0) is 11.7. The van der Waals surface area contributed by atoms with Crippen LogP contribution in [0.4, 0.5) is 0 Å². The summed E-state index contributed by atoms with van der Waals surface area (Å²) < 4.78 is 0. The van der Waals surface area contributed by atoms with E-state index in [0.29, 0.717) is 11.6 Å². The van der Waals surface area contributed by atoms with Crippen molar-refractivity contribution in [2.45, 2.75) is 6.42 Å². The van der Waals surface area contributed by atoms with Gasteiger partial charge in [-0.1, -0.05) is 17.8 Å². The van der Waals surface area contributed by atoms with Crippen LogP contribution in [0.5, 0.6) is 0 Å². The molecule has 0 atom stereocenters. The predicted molar refractivity (Wildman–Crippen MR) is 56.7 cm³/mol. The van der Waals surface area contributed by atoms with Crippen molar-refractivity contribution in [2.75, 3.05) is 7.05 Å². The Morgan fingerprint density at radius 3 is 2.87 bits per heavy atom. The normalized spacial score (nSPS) is 11.5. The first-order valence-corrected chi connectivity index (χ1v) is 4.75. The van der Waals surface area contributed by atoms with Crippen molar-refractivity contribution < 1.29 is 14.8 Å². The number of amides is 2. The molecule has 2 amide bonds. The van der Waals surface area contributed by atoms with Crippen molar-refractivity contribution in [1.29, 1.82) is 0 Å². The molecule has 0 aromatic carbocycles. The first-order valence-electron chi connectivity index (χ1n) is 3.87. The molecule has 0 saturated carbocycles. The van der Waals surface area contributed by atoms with E-state index in [0.717, 1.165) is 11.8 Å². The number of hydrogen-bond donors (Lipinski definition) is 3. The maximum absolute atomic E-state index is 10.8. The van der Waals surface area contributed by atoms with Crippen LogP contribution < -0.4 is 11.2 Å². The van der Waals surface area contributed by atoms with Crippen LogP contribution in [0.3, 0.4) is 0 Å². The molecule has 7 nitrogen and oxygen atoms in total. The first kappa shape index (κ1) is 13.6. The molecule has 0 fully saturated rings. The maximum atomic E-state index is 10.8. The van der Waals surface area contributed by atoms with E-state index in [-0.39, 0.29) is 11.6 Å². The third kappa shape index (κ3) is 6.66. The van der Waals surface area contributed by atoms with Crippen LogP contribution >= 0.6 is 11.8 Å². The zero-order valence-corrected chi connectivity index (χ0v) is 8.90. The Bertz CT molecular complexity index is 277. The van der Waals surface area contributed by atoms with Gasteiger partial charge in [-0.25, -0.2) is 5.84 Å². The molecule has 0 saturated heterocycles. The molecule has 0 aromatic heterocycles. The number of amidine groups is 1. The van der Waals surface area contributed by atoms with Crippen LogP contribution in [0.15, 0.2) is 16.5 Å². The summed E-state index contributed by atoms with van der Waals surface area (Å²) in [4.78, 5) is 24.6. The number of hydrogen-bond acceptors (Lipinski definition) is 6. The number of nitrogens with two attached hydrogens (primary N) is 1. The van der Waals surface area contributed by atoms with E-state index >= 15 is 0 Å². The van der Waals surface area contributed by atoms with Gasteiger partial charge in [-0.2, -0.15) is 5.17 Å². The molecule has 0 spiro atoms. The maximum Gasteiger partial charge on any atom is 0.264 e. The van der Waals surface area contributed by atoms with Crippen LogP contribution in [0.25, 0.3) is 0 Å². The highest BCUT2D eigenvalue weighted by molar-refractivity contribution is 8.16. The lowest BCUT2D eigenvalue weighted by Crippen LogP contribution is -2.33. The monoisotopic (exact) mass is 232 g/mol.